The number of halogens is 1. The van der Waals surface area contributed by atoms with E-state index in [4.69, 9.17) is 10.5 Å². The van der Waals surface area contributed by atoms with E-state index in [1.54, 1.807) is 18.0 Å². The van der Waals surface area contributed by atoms with Crippen LogP contribution in [0, 0.1) is 31.5 Å². The molecule has 3 heterocycles. The van der Waals surface area contributed by atoms with E-state index in [1.165, 1.54) is 5.56 Å². The molecule has 0 radical (unpaired) electrons. The largest absolute Gasteiger partial charge is 0.475 e. The molecule has 0 amide bonds. The molecule has 10 heteroatoms. The van der Waals surface area contributed by atoms with Crippen LogP contribution in [0.5, 0.6) is 5.88 Å². The van der Waals surface area contributed by atoms with E-state index in [2.05, 4.69) is 43.6 Å². The first-order valence-electron chi connectivity index (χ1n) is 9.39. The number of nitrogens with one attached hydrogen (secondary N) is 2. The van der Waals surface area contributed by atoms with Crippen molar-refractivity contribution in [1.29, 1.82) is 0 Å². The minimum absolute atomic E-state index is 0.0165. The Hall–Kier alpha value is -3.06. The van der Waals surface area contributed by atoms with Crippen molar-refractivity contribution in [2.45, 2.75) is 32.1 Å². The first-order valence-corrected chi connectivity index (χ1v) is 10.3. The molecule has 1 aliphatic carbocycles. The van der Waals surface area contributed by atoms with Gasteiger partial charge in [0.05, 0.1) is 18.5 Å². The summed E-state index contributed by atoms with van der Waals surface area (Å²) in [6.45, 7) is 4.86. The van der Waals surface area contributed by atoms with Gasteiger partial charge in [-0.15, -0.1) is 12.8 Å². The first-order chi connectivity index (χ1) is 14.5. The third-order valence-corrected chi connectivity index (χ3v) is 4.86. The molecule has 1 fully saturated rings. The Morgan fingerprint density at radius 3 is 2.67 bits per heavy atom. The summed E-state index contributed by atoms with van der Waals surface area (Å²) in [5, 5.41) is 8.05. The molecule has 0 spiro atoms. The molecule has 1 aliphatic heterocycles. The van der Waals surface area contributed by atoms with Crippen LogP contribution in [0.2, 0.25) is 0 Å². The van der Waals surface area contributed by atoms with Crippen LogP contribution in [-0.4, -0.2) is 38.5 Å². The number of anilines is 2. The normalized spacial score (nSPS) is 16.7. The SMILES string of the molecule is C#C.CC1NN=C(CNc2nc(N)nc(OCC3CC3)c2F)S1.Cc1cccnc1. The van der Waals surface area contributed by atoms with E-state index in [0.29, 0.717) is 19.1 Å². The number of nitrogen functional groups attached to an aromatic ring is 1. The van der Waals surface area contributed by atoms with Gasteiger partial charge >= 0.3 is 0 Å². The molecule has 1 atom stereocenters. The zero-order valence-corrected chi connectivity index (χ0v) is 17.8. The number of nitrogens with zero attached hydrogens (tertiary/aromatic N) is 4. The van der Waals surface area contributed by atoms with Crippen LogP contribution in [0.25, 0.3) is 0 Å². The van der Waals surface area contributed by atoms with Crippen molar-refractivity contribution in [3.63, 3.8) is 0 Å². The third kappa shape index (κ3) is 7.75. The third-order valence-electron chi connectivity index (χ3n) is 3.89. The number of ether oxygens (including phenoxy) is 1. The van der Waals surface area contributed by atoms with Gasteiger partial charge in [0.2, 0.25) is 11.8 Å². The van der Waals surface area contributed by atoms with E-state index in [-0.39, 0.29) is 23.0 Å². The smallest absolute Gasteiger partial charge is 0.257 e. The van der Waals surface area contributed by atoms with Crippen molar-refractivity contribution in [3.8, 4) is 18.7 Å². The van der Waals surface area contributed by atoms with Crippen LogP contribution in [-0.2, 0) is 0 Å². The van der Waals surface area contributed by atoms with Crippen LogP contribution in [0.15, 0.2) is 29.6 Å². The number of hydrogen-bond donors (Lipinski definition) is 3. The maximum Gasteiger partial charge on any atom is 0.257 e. The van der Waals surface area contributed by atoms with Gasteiger partial charge in [-0.2, -0.15) is 19.5 Å². The molecule has 2 aromatic heterocycles. The van der Waals surface area contributed by atoms with Crippen molar-refractivity contribution in [1.82, 2.24) is 20.4 Å². The van der Waals surface area contributed by atoms with E-state index in [0.717, 1.165) is 17.9 Å². The van der Waals surface area contributed by atoms with Crippen LogP contribution in [0.4, 0.5) is 16.2 Å². The fourth-order valence-corrected chi connectivity index (χ4v) is 3.02. The predicted octanol–water partition coefficient (Wildman–Crippen LogP) is 3.03. The minimum Gasteiger partial charge on any atom is -0.475 e. The van der Waals surface area contributed by atoms with Crippen molar-refractivity contribution in [2.24, 2.45) is 11.0 Å². The Bertz CT molecular complexity index is 859. The van der Waals surface area contributed by atoms with E-state index in [9.17, 15) is 4.39 Å². The zero-order valence-electron chi connectivity index (χ0n) is 17.0. The van der Waals surface area contributed by atoms with Gasteiger partial charge in [-0.1, -0.05) is 17.8 Å². The molecule has 4 N–H and O–H groups in total. The average molecular weight is 432 g/mol. The fraction of sp³-hybridized carbons (Fsp3) is 0.400. The topological polar surface area (TPSA) is 110 Å². The van der Waals surface area contributed by atoms with Crippen LogP contribution in [0.3, 0.4) is 0 Å². The van der Waals surface area contributed by atoms with Crippen LogP contribution in [0.1, 0.15) is 25.3 Å². The van der Waals surface area contributed by atoms with Gasteiger partial charge in [-0.05, 0) is 44.2 Å². The molecule has 0 saturated heterocycles. The number of pyridine rings is 1. The Kier molecular flexibility index (Phi) is 9.15. The summed E-state index contributed by atoms with van der Waals surface area (Å²) in [5.74, 6) is -0.180. The van der Waals surface area contributed by atoms with Crippen LogP contribution < -0.4 is 21.2 Å². The Morgan fingerprint density at radius 1 is 1.37 bits per heavy atom. The number of rotatable bonds is 6. The van der Waals surface area contributed by atoms with Gasteiger partial charge < -0.3 is 15.8 Å². The molecule has 0 bridgehead atoms. The molecule has 2 aromatic rings. The van der Waals surface area contributed by atoms with E-state index < -0.39 is 5.82 Å². The van der Waals surface area contributed by atoms with Gasteiger partial charge in [-0.25, -0.2) is 0 Å². The molecule has 4 rings (SSSR count). The highest BCUT2D eigenvalue weighted by Crippen LogP contribution is 2.30. The summed E-state index contributed by atoms with van der Waals surface area (Å²) in [6, 6.07) is 3.95. The van der Waals surface area contributed by atoms with E-state index in [1.807, 2.05) is 32.2 Å². The molecule has 0 aromatic carbocycles. The minimum atomic E-state index is -0.616. The van der Waals surface area contributed by atoms with Crippen molar-refractivity contribution in [3.05, 3.63) is 35.9 Å². The second kappa shape index (κ2) is 11.8. The number of aromatic nitrogens is 3. The van der Waals surface area contributed by atoms with Gasteiger partial charge in [0.15, 0.2) is 5.82 Å². The summed E-state index contributed by atoms with van der Waals surface area (Å²) < 4.78 is 19.6. The molecule has 1 unspecified atom stereocenters. The van der Waals surface area contributed by atoms with Crippen molar-refractivity contribution < 1.29 is 9.13 Å². The van der Waals surface area contributed by atoms with Gasteiger partial charge in [0.25, 0.3) is 5.88 Å². The summed E-state index contributed by atoms with van der Waals surface area (Å²) in [6.07, 6.45) is 13.8. The first kappa shape index (κ1) is 23.2. The lowest BCUT2D eigenvalue weighted by atomic mass is 10.3. The fourth-order valence-electron chi connectivity index (χ4n) is 2.25. The Balaban J connectivity index is 0.000000299. The van der Waals surface area contributed by atoms with Crippen molar-refractivity contribution >= 4 is 28.6 Å². The van der Waals surface area contributed by atoms with Crippen LogP contribution >= 0.6 is 11.8 Å². The van der Waals surface area contributed by atoms with Gasteiger partial charge in [-0.3, -0.25) is 10.4 Å². The molecular weight excluding hydrogens is 405 g/mol. The summed E-state index contributed by atoms with van der Waals surface area (Å²) >= 11 is 1.57. The lowest BCUT2D eigenvalue weighted by Gasteiger charge is -2.10. The number of thioether (sulfide) groups is 1. The quantitative estimate of drug-likeness (QED) is 0.599. The summed E-state index contributed by atoms with van der Waals surface area (Å²) in [4.78, 5) is 11.6. The molecule has 2 aliphatic rings. The average Bonchev–Trinajstić information content (AvgIpc) is 3.49. The van der Waals surface area contributed by atoms with Crippen molar-refractivity contribution in [2.75, 3.05) is 24.2 Å². The zero-order chi connectivity index (χ0) is 21.9. The second-order valence-electron chi connectivity index (χ2n) is 6.58. The van der Waals surface area contributed by atoms with Gasteiger partial charge in [0.1, 0.15) is 5.04 Å². The summed E-state index contributed by atoms with van der Waals surface area (Å²) in [7, 11) is 0. The number of nitrogens with two attached hydrogens (primary N) is 1. The molecule has 8 nitrogen and oxygen atoms in total. The Labute approximate surface area is 180 Å². The molecule has 1 saturated carbocycles. The highest BCUT2D eigenvalue weighted by atomic mass is 32.2. The highest BCUT2D eigenvalue weighted by Gasteiger charge is 2.24. The maximum atomic E-state index is 14.2. The standard InChI is InChI=1S/C12H17FN6OS.C6H7N.C2H2/c1-6-18-19-8(21-6)4-15-10-9(13)11(17-12(14)16-10)20-5-7-2-3-7;1-6-3-2-4-7-5-6;1-2/h6-7,18H,2-5H2,1H3,(H3,14,15,16,17);2-5H,1H3;1-2H. The molecule has 30 heavy (non-hydrogen) atoms. The molecular formula is C20H26FN7OS. The second-order valence-corrected chi connectivity index (χ2v) is 8.00. The molecule has 160 valence electrons. The monoisotopic (exact) mass is 431 g/mol. The summed E-state index contributed by atoms with van der Waals surface area (Å²) in [5.41, 5.74) is 9.73. The lowest BCUT2D eigenvalue weighted by molar-refractivity contribution is 0.273. The lowest BCUT2D eigenvalue weighted by Crippen LogP contribution is -2.15. The predicted molar refractivity (Wildman–Crippen MR) is 120 cm³/mol. The Morgan fingerprint density at radius 2 is 2.13 bits per heavy atom. The number of terminal acetylenes is 1. The number of aryl methyl sites for hydroxylation is 1. The van der Waals surface area contributed by atoms with Gasteiger partial charge in [0, 0.05) is 12.4 Å². The maximum absolute atomic E-state index is 14.2. The highest BCUT2D eigenvalue weighted by molar-refractivity contribution is 8.14. The number of hydrogen-bond acceptors (Lipinski definition) is 9. The van der Waals surface area contributed by atoms with E-state index >= 15 is 0 Å². The number of hydrazone groups is 1.